The van der Waals surface area contributed by atoms with Crippen molar-refractivity contribution in [2.24, 2.45) is 0 Å². The van der Waals surface area contributed by atoms with Crippen molar-refractivity contribution in [1.29, 1.82) is 0 Å². The molecule has 0 N–H and O–H groups in total. The first kappa shape index (κ1) is 20.2. The summed E-state index contributed by atoms with van der Waals surface area (Å²) < 4.78 is 0. The van der Waals surface area contributed by atoms with Gasteiger partial charge in [-0.05, 0) is 54.4 Å². The lowest BCUT2D eigenvalue weighted by atomic mass is 10.0. The van der Waals surface area contributed by atoms with E-state index in [9.17, 15) is 0 Å². The van der Waals surface area contributed by atoms with Gasteiger partial charge in [-0.1, -0.05) is 47.5 Å². The lowest BCUT2D eigenvalue weighted by molar-refractivity contribution is 0.225. The number of benzene rings is 2. The Labute approximate surface area is 182 Å². The van der Waals surface area contributed by atoms with E-state index < -0.39 is 0 Å². The fourth-order valence-electron chi connectivity index (χ4n) is 3.96. The van der Waals surface area contributed by atoms with Crippen LogP contribution >= 0.6 is 23.2 Å². The molecule has 1 aliphatic heterocycles. The molecule has 1 saturated heterocycles. The monoisotopic (exact) mass is 425 g/mol. The van der Waals surface area contributed by atoms with E-state index in [2.05, 4.69) is 58.1 Å². The summed E-state index contributed by atoms with van der Waals surface area (Å²) in [6, 6.07) is 20.9. The van der Waals surface area contributed by atoms with E-state index in [0.29, 0.717) is 0 Å². The molecule has 0 amide bonds. The molecule has 2 heterocycles. The molecular weight excluding hydrogens is 401 g/mol. The minimum absolute atomic E-state index is 0.227. The predicted octanol–water partition coefficient (Wildman–Crippen LogP) is 5.80. The molecule has 1 fully saturated rings. The molecule has 1 aliphatic rings. The normalized spacial score (nSPS) is 17.5. The SMILES string of the molecule is Cc1ccc(N2CCN(CCc3ccccn3)C[C@H]2c2ccc(Cl)cc2)c(Cl)c1. The van der Waals surface area contributed by atoms with Crippen LogP contribution in [0.2, 0.25) is 10.0 Å². The maximum atomic E-state index is 6.63. The van der Waals surface area contributed by atoms with Gasteiger partial charge in [-0.2, -0.15) is 0 Å². The number of aryl methyl sites for hydroxylation is 1. The highest BCUT2D eigenvalue weighted by Crippen LogP contribution is 2.36. The molecule has 0 saturated carbocycles. The first-order valence-electron chi connectivity index (χ1n) is 10.0. The van der Waals surface area contributed by atoms with Crippen LogP contribution in [0.5, 0.6) is 0 Å². The molecule has 0 bridgehead atoms. The van der Waals surface area contributed by atoms with Crippen molar-refractivity contribution in [2.45, 2.75) is 19.4 Å². The molecule has 4 rings (SSSR count). The fraction of sp³-hybridized carbons (Fsp3) is 0.292. The highest BCUT2D eigenvalue weighted by atomic mass is 35.5. The zero-order valence-corrected chi connectivity index (χ0v) is 18.1. The first-order chi connectivity index (χ1) is 14.1. The molecule has 29 heavy (non-hydrogen) atoms. The zero-order chi connectivity index (χ0) is 20.2. The van der Waals surface area contributed by atoms with E-state index in [1.807, 2.05) is 30.5 Å². The highest BCUT2D eigenvalue weighted by Gasteiger charge is 2.29. The van der Waals surface area contributed by atoms with E-state index in [1.165, 1.54) is 11.1 Å². The van der Waals surface area contributed by atoms with Gasteiger partial charge in [0.15, 0.2) is 0 Å². The third-order valence-electron chi connectivity index (χ3n) is 5.54. The number of piperazine rings is 1. The molecule has 0 spiro atoms. The summed E-state index contributed by atoms with van der Waals surface area (Å²) in [5, 5.41) is 1.57. The van der Waals surface area contributed by atoms with E-state index in [0.717, 1.165) is 54.0 Å². The minimum atomic E-state index is 0.227. The summed E-state index contributed by atoms with van der Waals surface area (Å²) in [5.74, 6) is 0. The Bertz CT molecular complexity index is 944. The van der Waals surface area contributed by atoms with Crippen LogP contribution in [-0.2, 0) is 6.42 Å². The van der Waals surface area contributed by atoms with Gasteiger partial charge in [-0.25, -0.2) is 0 Å². The predicted molar refractivity (Wildman–Crippen MR) is 122 cm³/mol. The molecule has 5 heteroatoms. The summed E-state index contributed by atoms with van der Waals surface area (Å²) in [6.45, 7) is 5.94. The van der Waals surface area contributed by atoms with Crippen molar-refractivity contribution in [1.82, 2.24) is 9.88 Å². The van der Waals surface area contributed by atoms with Crippen molar-refractivity contribution in [2.75, 3.05) is 31.1 Å². The standard InChI is InChI=1S/C24H25Cl2N3/c1-18-5-10-23(22(26)16-18)29-15-14-28(13-11-21-4-2-3-12-27-21)17-24(29)19-6-8-20(25)9-7-19/h2-10,12,16,24H,11,13-15,17H2,1H3/t24-/m0/s1. The number of hydrogen-bond acceptors (Lipinski definition) is 3. The Morgan fingerprint density at radius 1 is 1.00 bits per heavy atom. The van der Waals surface area contributed by atoms with Gasteiger partial charge < -0.3 is 4.90 Å². The van der Waals surface area contributed by atoms with Crippen molar-refractivity contribution in [3.63, 3.8) is 0 Å². The average Bonchev–Trinajstić information content (AvgIpc) is 2.74. The van der Waals surface area contributed by atoms with Crippen LogP contribution in [0.15, 0.2) is 66.9 Å². The Kier molecular flexibility index (Phi) is 6.39. The lowest BCUT2D eigenvalue weighted by Crippen LogP contribution is -2.49. The average molecular weight is 426 g/mol. The van der Waals surface area contributed by atoms with E-state index in [4.69, 9.17) is 23.2 Å². The van der Waals surface area contributed by atoms with Crippen LogP contribution in [0.25, 0.3) is 0 Å². The molecule has 0 radical (unpaired) electrons. The number of pyridine rings is 1. The Morgan fingerprint density at radius 2 is 1.83 bits per heavy atom. The molecule has 2 aromatic carbocycles. The van der Waals surface area contributed by atoms with Crippen LogP contribution in [-0.4, -0.2) is 36.1 Å². The van der Waals surface area contributed by atoms with E-state index in [1.54, 1.807) is 0 Å². The number of rotatable bonds is 5. The third kappa shape index (κ3) is 4.92. The highest BCUT2D eigenvalue weighted by molar-refractivity contribution is 6.33. The summed E-state index contributed by atoms with van der Waals surface area (Å²) >= 11 is 12.8. The van der Waals surface area contributed by atoms with Crippen LogP contribution in [0.1, 0.15) is 22.9 Å². The van der Waals surface area contributed by atoms with Crippen molar-refractivity contribution >= 4 is 28.9 Å². The third-order valence-corrected chi connectivity index (χ3v) is 6.10. The molecule has 0 aliphatic carbocycles. The zero-order valence-electron chi connectivity index (χ0n) is 16.6. The van der Waals surface area contributed by atoms with Crippen molar-refractivity contribution < 1.29 is 0 Å². The van der Waals surface area contributed by atoms with Gasteiger partial charge in [-0.3, -0.25) is 9.88 Å². The van der Waals surface area contributed by atoms with E-state index in [-0.39, 0.29) is 6.04 Å². The molecule has 1 aromatic heterocycles. The van der Waals surface area contributed by atoms with Gasteiger partial charge in [0.05, 0.1) is 16.8 Å². The first-order valence-corrected chi connectivity index (χ1v) is 10.8. The van der Waals surface area contributed by atoms with Gasteiger partial charge in [0.1, 0.15) is 0 Å². The van der Waals surface area contributed by atoms with E-state index >= 15 is 0 Å². The van der Waals surface area contributed by atoms with Crippen LogP contribution in [0.3, 0.4) is 0 Å². The summed E-state index contributed by atoms with van der Waals surface area (Å²) in [5.41, 5.74) is 4.67. The number of hydrogen-bond donors (Lipinski definition) is 0. The number of anilines is 1. The second-order valence-electron chi connectivity index (χ2n) is 7.59. The quantitative estimate of drug-likeness (QED) is 0.514. The second-order valence-corrected chi connectivity index (χ2v) is 8.43. The number of aromatic nitrogens is 1. The second kappa shape index (κ2) is 9.17. The van der Waals surface area contributed by atoms with Gasteiger partial charge in [0, 0.05) is 49.5 Å². The molecule has 3 nitrogen and oxygen atoms in total. The Morgan fingerprint density at radius 3 is 2.55 bits per heavy atom. The van der Waals surface area contributed by atoms with Gasteiger partial charge in [0.2, 0.25) is 0 Å². The van der Waals surface area contributed by atoms with Crippen LogP contribution in [0, 0.1) is 6.92 Å². The van der Waals surface area contributed by atoms with Crippen molar-refractivity contribution in [3.05, 3.63) is 93.7 Å². The van der Waals surface area contributed by atoms with Crippen LogP contribution in [0.4, 0.5) is 5.69 Å². The number of nitrogens with zero attached hydrogens (tertiary/aromatic N) is 3. The van der Waals surface area contributed by atoms with Crippen LogP contribution < -0.4 is 4.90 Å². The topological polar surface area (TPSA) is 19.4 Å². The maximum Gasteiger partial charge on any atom is 0.0670 e. The van der Waals surface area contributed by atoms with Crippen molar-refractivity contribution in [3.8, 4) is 0 Å². The summed E-state index contributed by atoms with van der Waals surface area (Å²) in [6.07, 6.45) is 2.82. The number of halogens is 2. The Balaban J connectivity index is 1.56. The molecule has 150 valence electrons. The Hall–Kier alpha value is -2.07. The van der Waals surface area contributed by atoms with Gasteiger partial charge >= 0.3 is 0 Å². The smallest absolute Gasteiger partial charge is 0.0670 e. The molecule has 1 atom stereocenters. The summed E-state index contributed by atoms with van der Waals surface area (Å²) in [7, 11) is 0. The van der Waals surface area contributed by atoms with Gasteiger partial charge in [-0.15, -0.1) is 0 Å². The molecule has 0 unspecified atom stereocenters. The maximum absolute atomic E-state index is 6.63. The lowest BCUT2D eigenvalue weighted by Gasteiger charge is -2.43. The fourth-order valence-corrected chi connectivity index (χ4v) is 4.43. The largest absolute Gasteiger partial charge is 0.361 e. The summed E-state index contributed by atoms with van der Waals surface area (Å²) in [4.78, 5) is 9.42. The molecular formula is C24H25Cl2N3. The van der Waals surface area contributed by atoms with Gasteiger partial charge in [0.25, 0.3) is 0 Å². The minimum Gasteiger partial charge on any atom is -0.361 e. The molecule has 3 aromatic rings.